The first kappa shape index (κ1) is 22.4. The number of nitrogens with zero attached hydrogens (tertiary/aromatic N) is 4. The summed E-state index contributed by atoms with van der Waals surface area (Å²) in [5.74, 6) is -0.476. The average Bonchev–Trinajstić information content (AvgIpc) is 2.72. The Labute approximate surface area is 171 Å². The number of benzene rings is 2. The summed E-state index contributed by atoms with van der Waals surface area (Å²) in [6.07, 6.45) is 2.02. The molecular formula is C19H21N5O6. The Morgan fingerprint density at radius 2 is 1.73 bits per heavy atom. The van der Waals surface area contributed by atoms with Crippen LogP contribution in [0.1, 0.15) is 31.7 Å². The van der Waals surface area contributed by atoms with Gasteiger partial charge in [-0.1, -0.05) is 44.2 Å². The van der Waals surface area contributed by atoms with E-state index in [2.05, 4.69) is 10.5 Å². The molecule has 158 valence electrons. The van der Waals surface area contributed by atoms with Gasteiger partial charge in [0, 0.05) is 22.6 Å². The van der Waals surface area contributed by atoms with Crippen LogP contribution in [0.5, 0.6) is 0 Å². The molecule has 0 fully saturated rings. The molecule has 0 aromatic heterocycles. The molecule has 0 spiro atoms. The van der Waals surface area contributed by atoms with Crippen molar-refractivity contribution in [1.82, 2.24) is 0 Å². The van der Waals surface area contributed by atoms with Gasteiger partial charge in [-0.2, -0.15) is 5.10 Å². The molecule has 0 heterocycles. The molecule has 0 aliphatic rings. The normalized spacial score (nSPS) is 14.1. The Kier molecular flexibility index (Phi) is 7.13. The smallest absolute Gasteiger partial charge is 0.272 e. The SMILES string of the molecule is CC[C@@](C)(/C=N/Nc1ccc([N+](=O)[O-])cc1[N+](=O)[O-])[C@H](C[N+](=O)[O-])c1ccccc1. The minimum absolute atomic E-state index is 0.0224. The Balaban J connectivity index is 2.34. The van der Waals surface area contributed by atoms with Crippen molar-refractivity contribution in [1.29, 1.82) is 0 Å². The van der Waals surface area contributed by atoms with E-state index < -0.39 is 32.6 Å². The van der Waals surface area contributed by atoms with E-state index in [-0.39, 0.29) is 17.2 Å². The van der Waals surface area contributed by atoms with Crippen LogP contribution in [0.15, 0.2) is 53.6 Å². The molecule has 0 saturated heterocycles. The molecule has 2 aromatic rings. The van der Waals surface area contributed by atoms with Gasteiger partial charge in [0.25, 0.3) is 5.69 Å². The second-order valence-corrected chi connectivity index (χ2v) is 6.92. The predicted molar refractivity (Wildman–Crippen MR) is 111 cm³/mol. The Bertz CT molecular complexity index is 965. The first-order valence-corrected chi connectivity index (χ1v) is 9.07. The fraction of sp³-hybridized carbons (Fsp3) is 0.316. The van der Waals surface area contributed by atoms with Gasteiger partial charge in [-0.05, 0) is 18.1 Å². The molecule has 2 rings (SSSR count). The minimum atomic E-state index is -0.747. The van der Waals surface area contributed by atoms with Gasteiger partial charge < -0.3 is 0 Å². The summed E-state index contributed by atoms with van der Waals surface area (Å²) in [6.45, 7) is 3.39. The maximum absolute atomic E-state index is 11.3. The molecule has 1 N–H and O–H groups in total. The van der Waals surface area contributed by atoms with Crippen LogP contribution in [0, 0.1) is 35.8 Å². The third-order valence-corrected chi connectivity index (χ3v) is 5.02. The highest BCUT2D eigenvalue weighted by atomic mass is 16.6. The van der Waals surface area contributed by atoms with Gasteiger partial charge in [0.1, 0.15) is 5.69 Å². The van der Waals surface area contributed by atoms with Crippen molar-refractivity contribution in [2.75, 3.05) is 12.0 Å². The standard InChI is InChI=1S/C19H21N5O6/c1-3-19(2,16(12-22(25)26)14-7-5-4-6-8-14)13-20-21-17-10-9-15(23(27)28)11-18(17)24(29)30/h4-11,13,16,21H,3,12H2,1-2H3/b20-13+/t16-,19+/m1/s1. The van der Waals surface area contributed by atoms with Gasteiger partial charge in [-0.15, -0.1) is 0 Å². The van der Waals surface area contributed by atoms with E-state index in [1.54, 1.807) is 12.1 Å². The van der Waals surface area contributed by atoms with Crippen LogP contribution in [0.2, 0.25) is 0 Å². The lowest BCUT2D eigenvalue weighted by atomic mass is 9.72. The monoisotopic (exact) mass is 415 g/mol. The van der Waals surface area contributed by atoms with Crippen LogP contribution < -0.4 is 5.43 Å². The molecular weight excluding hydrogens is 394 g/mol. The van der Waals surface area contributed by atoms with Crippen molar-refractivity contribution in [3.05, 3.63) is 84.4 Å². The summed E-state index contributed by atoms with van der Waals surface area (Å²) in [6, 6.07) is 12.2. The lowest BCUT2D eigenvalue weighted by Crippen LogP contribution is -2.32. The van der Waals surface area contributed by atoms with E-state index in [4.69, 9.17) is 0 Å². The highest BCUT2D eigenvalue weighted by molar-refractivity contribution is 5.71. The predicted octanol–water partition coefficient (Wildman–Crippen LogP) is 4.38. The zero-order valence-corrected chi connectivity index (χ0v) is 16.4. The summed E-state index contributed by atoms with van der Waals surface area (Å²) >= 11 is 0. The van der Waals surface area contributed by atoms with Crippen molar-refractivity contribution >= 4 is 23.3 Å². The van der Waals surface area contributed by atoms with Crippen LogP contribution in [-0.2, 0) is 0 Å². The molecule has 0 amide bonds. The van der Waals surface area contributed by atoms with Gasteiger partial charge in [0.05, 0.1) is 21.8 Å². The maximum atomic E-state index is 11.3. The quantitative estimate of drug-likeness (QED) is 0.343. The van der Waals surface area contributed by atoms with E-state index in [9.17, 15) is 30.3 Å². The lowest BCUT2D eigenvalue weighted by Gasteiger charge is -2.31. The van der Waals surface area contributed by atoms with E-state index in [0.717, 1.165) is 17.7 Å². The zero-order valence-electron chi connectivity index (χ0n) is 16.4. The first-order chi connectivity index (χ1) is 14.2. The fourth-order valence-electron chi connectivity index (χ4n) is 3.09. The number of hydrazone groups is 1. The molecule has 0 radical (unpaired) electrons. The van der Waals surface area contributed by atoms with Crippen molar-refractivity contribution in [2.24, 2.45) is 10.5 Å². The number of nitrogens with one attached hydrogen (secondary N) is 1. The van der Waals surface area contributed by atoms with Gasteiger partial charge in [0.2, 0.25) is 6.54 Å². The molecule has 30 heavy (non-hydrogen) atoms. The van der Waals surface area contributed by atoms with E-state index in [1.807, 2.05) is 32.0 Å². The van der Waals surface area contributed by atoms with Crippen LogP contribution in [0.4, 0.5) is 17.1 Å². The van der Waals surface area contributed by atoms with E-state index in [0.29, 0.717) is 6.42 Å². The number of hydrogen-bond acceptors (Lipinski definition) is 8. The number of rotatable bonds is 10. The van der Waals surface area contributed by atoms with Crippen LogP contribution >= 0.6 is 0 Å². The van der Waals surface area contributed by atoms with Gasteiger partial charge in [0.15, 0.2) is 0 Å². The summed E-state index contributed by atoms with van der Waals surface area (Å²) < 4.78 is 0. The molecule has 0 saturated carbocycles. The molecule has 0 aliphatic carbocycles. The molecule has 11 nitrogen and oxygen atoms in total. The van der Waals surface area contributed by atoms with Crippen LogP contribution in [0.3, 0.4) is 0 Å². The highest BCUT2D eigenvalue weighted by Gasteiger charge is 2.36. The topological polar surface area (TPSA) is 154 Å². The summed E-state index contributed by atoms with van der Waals surface area (Å²) in [7, 11) is 0. The molecule has 0 unspecified atom stereocenters. The van der Waals surface area contributed by atoms with Crippen LogP contribution in [0.25, 0.3) is 0 Å². The van der Waals surface area contributed by atoms with Gasteiger partial charge in [-0.25, -0.2) is 0 Å². The Hall–Kier alpha value is -3.89. The molecule has 0 aliphatic heterocycles. The molecule has 2 atom stereocenters. The first-order valence-electron chi connectivity index (χ1n) is 9.07. The number of nitro benzene ring substituents is 2. The third kappa shape index (κ3) is 5.34. The summed E-state index contributed by atoms with van der Waals surface area (Å²) in [5.41, 5.74) is 1.67. The number of non-ortho nitro benzene ring substituents is 1. The van der Waals surface area contributed by atoms with Crippen molar-refractivity contribution in [2.45, 2.75) is 26.2 Å². The third-order valence-electron chi connectivity index (χ3n) is 5.02. The molecule has 0 bridgehead atoms. The lowest BCUT2D eigenvalue weighted by molar-refractivity contribution is -0.485. The van der Waals surface area contributed by atoms with E-state index in [1.165, 1.54) is 12.3 Å². The van der Waals surface area contributed by atoms with Crippen molar-refractivity contribution in [3.8, 4) is 0 Å². The summed E-state index contributed by atoms with van der Waals surface area (Å²) in [4.78, 5) is 31.5. The average molecular weight is 415 g/mol. The van der Waals surface area contributed by atoms with E-state index >= 15 is 0 Å². The second-order valence-electron chi connectivity index (χ2n) is 6.92. The zero-order chi connectivity index (χ0) is 22.3. The van der Waals surface area contributed by atoms with Gasteiger partial charge in [-0.3, -0.25) is 35.8 Å². The Morgan fingerprint density at radius 1 is 1.07 bits per heavy atom. The van der Waals surface area contributed by atoms with Gasteiger partial charge >= 0.3 is 5.69 Å². The summed E-state index contributed by atoms with van der Waals surface area (Å²) in [5, 5.41) is 37.4. The molecule has 2 aromatic carbocycles. The van der Waals surface area contributed by atoms with Crippen LogP contribution in [-0.4, -0.2) is 27.5 Å². The molecule has 11 heteroatoms. The fourth-order valence-corrected chi connectivity index (χ4v) is 3.09. The van der Waals surface area contributed by atoms with Crippen molar-refractivity contribution < 1.29 is 14.8 Å². The maximum Gasteiger partial charge on any atom is 0.301 e. The number of nitro groups is 3. The largest absolute Gasteiger partial charge is 0.301 e. The second kappa shape index (κ2) is 9.54. The number of hydrogen-bond donors (Lipinski definition) is 1. The minimum Gasteiger partial charge on any atom is -0.272 e. The number of anilines is 1. The highest BCUT2D eigenvalue weighted by Crippen LogP contribution is 2.38. The Morgan fingerprint density at radius 3 is 2.27 bits per heavy atom. The van der Waals surface area contributed by atoms with Crippen molar-refractivity contribution in [3.63, 3.8) is 0 Å².